The molecule has 0 amide bonds. The molecule has 18 heavy (non-hydrogen) atoms. The number of anilines is 1. The second-order valence-electron chi connectivity index (χ2n) is 3.94. The summed E-state index contributed by atoms with van der Waals surface area (Å²) >= 11 is 0. The molecule has 0 fully saturated rings. The summed E-state index contributed by atoms with van der Waals surface area (Å²) in [5, 5.41) is 10.2. The smallest absolute Gasteiger partial charge is 0.142 e. The molecule has 1 heterocycles. The molecule has 0 aliphatic rings. The van der Waals surface area contributed by atoms with Crippen LogP contribution in [0.15, 0.2) is 30.5 Å². The summed E-state index contributed by atoms with van der Waals surface area (Å²) < 4.78 is 10.5. The Morgan fingerprint density at radius 1 is 1.22 bits per heavy atom. The van der Waals surface area contributed by atoms with Gasteiger partial charge in [-0.15, -0.1) is 0 Å². The lowest BCUT2D eigenvalue weighted by Crippen LogP contribution is -2.08. The SMILES string of the molecule is COc1ccc(OC)c(NC(C)c2ccn[nH]2)c1. The molecule has 0 bridgehead atoms. The summed E-state index contributed by atoms with van der Waals surface area (Å²) in [7, 11) is 3.29. The number of H-pyrrole nitrogens is 1. The van der Waals surface area contributed by atoms with Crippen molar-refractivity contribution in [1.82, 2.24) is 10.2 Å². The molecular weight excluding hydrogens is 230 g/mol. The van der Waals surface area contributed by atoms with E-state index in [-0.39, 0.29) is 6.04 Å². The maximum atomic E-state index is 5.32. The Balaban J connectivity index is 2.21. The molecule has 0 radical (unpaired) electrons. The zero-order valence-electron chi connectivity index (χ0n) is 10.7. The van der Waals surface area contributed by atoms with E-state index in [1.165, 1.54) is 0 Å². The standard InChI is InChI=1S/C13H17N3O2/c1-9(11-6-7-14-16-11)15-12-8-10(17-2)4-5-13(12)18-3/h4-9,15H,1-3H3,(H,14,16). The first-order valence-corrected chi connectivity index (χ1v) is 5.72. The molecule has 96 valence electrons. The summed E-state index contributed by atoms with van der Waals surface area (Å²) in [4.78, 5) is 0. The van der Waals surface area contributed by atoms with Gasteiger partial charge in [-0.2, -0.15) is 5.10 Å². The quantitative estimate of drug-likeness (QED) is 0.852. The number of benzene rings is 1. The van der Waals surface area contributed by atoms with E-state index < -0.39 is 0 Å². The van der Waals surface area contributed by atoms with Crippen molar-refractivity contribution < 1.29 is 9.47 Å². The first-order chi connectivity index (χ1) is 8.74. The van der Waals surface area contributed by atoms with Gasteiger partial charge in [0.25, 0.3) is 0 Å². The molecule has 0 spiro atoms. The Bertz CT molecular complexity index is 497. The highest BCUT2D eigenvalue weighted by Gasteiger charge is 2.10. The highest BCUT2D eigenvalue weighted by atomic mass is 16.5. The predicted molar refractivity (Wildman–Crippen MR) is 70.2 cm³/mol. The first-order valence-electron chi connectivity index (χ1n) is 5.72. The number of ether oxygens (including phenoxy) is 2. The lowest BCUT2D eigenvalue weighted by Gasteiger charge is -2.17. The summed E-state index contributed by atoms with van der Waals surface area (Å²) in [6, 6.07) is 7.69. The molecule has 1 atom stereocenters. The van der Waals surface area contributed by atoms with Gasteiger partial charge in [0.05, 0.1) is 31.6 Å². The van der Waals surface area contributed by atoms with Gasteiger partial charge in [-0.1, -0.05) is 0 Å². The molecule has 1 aromatic carbocycles. The summed E-state index contributed by atoms with van der Waals surface area (Å²) in [5.41, 5.74) is 1.90. The minimum absolute atomic E-state index is 0.105. The Labute approximate surface area is 106 Å². The Hall–Kier alpha value is -2.17. The molecule has 0 aliphatic heterocycles. The van der Waals surface area contributed by atoms with E-state index in [1.807, 2.05) is 31.2 Å². The lowest BCUT2D eigenvalue weighted by atomic mass is 10.2. The fourth-order valence-corrected chi connectivity index (χ4v) is 1.75. The van der Waals surface area contributed by atoms with Crippen molar-refractivity contribution in [3.8, 4) is 11.5 Å². The van der Waals surface area contributed by atoms with Gasteiger partial charge in [0.2, 0.25) is 0 Å². The number of aromatic amines is 1. The van der Waals surface area contributed by atoms with Gasteiger partial charge in [0.1, 0.15) is 11.5 Å². The van der Waals surface area contributed by atoms with Crippen LogP contribution in [0.25, 0.3) is 0 Å². The van der Waals surface area contributed by atoms with Crippen LogP contribution in [0.4, 0.5) is 5.69 Å². The Morgan fingerprint density at radius 2 is 2.06 bits per heavy atom. The third-order valence-corrected chi connectivity index (χ3v) is 2.77. The highest BCUT2D eigenvalue weighted by Crippen LogP contribution is 2.31. The molecule has 0 saturated carbocycles. The third-order valence-electron chi connectivity index (χ3n) is 2.77. The van der Waals surface area contributed by atoms with Crippen LogP contribution in [0.3, 0.4) is 0 Å². The zero-order valence-corrected chi connectivity index (χ0v) is 10.7. The van der Waals surface area contributed by atoms with Gasteiger partial charge >= 0.3 is 0 Å². The summed E-state index contributed by atoms with van der Waals surface area (Å²) in [5.74, 6) is 1.57. The van der Waals surface area contributed by atoms with Crippen LogP contribution in [0.1, 0.15) is 18.7 Å². The largest absolute Gasteiger partial charge is 0.497 e. The molecule has 5 heteroatoms. The van der Waals surface area contributed by atoms with Crippen LogP contribution in [-0.4, -0.2) is 24.4 Å². The van der Waals surface area contributed by atoms with Crippen molar-refractivity contribution in [2.75, 3.05) is 19.5 Å². The van der Waals surface area contributed by atoms with Gasteiger partial charge < -0.3 is 14.8 Å². The normalized spacial score (nSPS) is 11.9. The topological polar surface area (TPSA) is 59.2 Å². The molecular formula is C13H17N3O2. The number of hydrogen-bond acceptors (Lipinski definition) is 4. The fourth-order valence-electron chi connectivity index (χ4n) is 1.75. The average Bonchev–Trinajstić information content (AvgIpc) is 2.92. The van der Waals surface area contributed by atoms with Crippen LogP contribution in [0.2, 0.25) is 0 Å². The van der Waals surface area contributed by atoms with E-state index in [0.29, 0.717) is 0 Å². The van der Waals surface area contributed by atoms with Gasteiger partial charge in [-0.05, 0) is 25.1 Å². The van der Waals surface area contributed by atoms with E-state index in [4.69, 9.17) is 9.47 Å². The molecule has 2 aromatic rings. The molecule has 2 N–H and O–H groups in total. The van der Waals surface area contributed by atoms with Crippen LogP contribution in [-0.2, 0) is 0 Å². The number of nitrogens with zero attached hydrogens (tertiary/aromatic N) is 1. The maximum Gasteiger partial charge on any atom is 0.142 e. The monoisotopic (exact) mass is 247 g/mol. The number of aromatic nitrogens is 2. The molecule has 1 aromatic heterocycles. The predicted octanol–water partition coefficient (Wildman–Crippen LogP) is 2.60. The minimum Gasteiger partial charge on any atom is -0.497 e. The number of methoxy groups -OCH3 is 2. The van der Waals surface area contributed by atoms with Crippen molar-refractivity contribution >= 4 is 5.69 Å². The van der Waals surface area contributed by atoms with E-state index >= 15 is 0 Å². The van der Waals surface area contributed by atoms with Crippen molar-refractivity contribution in [3.05, 3.63) is 36.2 Å². The Morgan fingerprint density at radius 3 is 2.67 bits per heavy atom. The second kappa shape index (κ2) is 5.44. The number of nitrogens with one attached hydrogen (secondary N) is 2. The lowest BCUT2D eigenvalue weighted by molar-refractivity contribution is 0.404. The van der Waals surface area contributed by atoms with Crippen molar-refractivity contribution in [2.45, 2.75) is 13.0 Å². The maximum absolute atomic E-state index is 5.32. The summed E-state index contributed by atoms with van der Waals surface area (Å²) in [6.45, 7) is 2.05. The van der Waals surface area contributed by atoms with Crippen molar-refractivity contribution in [3.63, 3.8) is 0 Å². The first kappa shape index (κ1) is 12.3. The van der Waals surface area contributed by atoms with Crippen LogP contribution in [0, 0.1) is 0 Å². The third kappa shape index (κ3) is 2.56. The molecule has 0 saturated heterocycles. The van der Waals surface area contributed by atoms with Gasteiger partial charge in [-0.3, -0.25) is 5.10 Å². The Kier molecular flexibility index (Phi) is 3.72. The fraction of sp³-hybridized carbons (Fsp3) is 0.308. The van der Waals surface area contributed by atoms with Crippen LogP contribution in [0.5, 0.6) is 11.5 Å². The van der Waals surface area contributed by atoms with Gasteiger partial charge in [-0.25, -0.2) is 0 Å². The van der Waals surface area contributed by atoms with Crippen molar-refractivity contribution in [1.29, 1.82) is 0 Å². The molecule has 1 unspecified atom stereocenters. The van der Waals surface area contributed by atoms with Gasteiger partial charge in [0, 0.05) is 12.3 Å². The van der Waals surface area contributed by atoms with Gasteiger partial charge in [0.15, 0.2) is 0 Å². The second-order valence-corrected chi connectivity index (χ2v) is 3.94. The number of hydrogen-bond donors (Lipinski definition) is 2. The minimum atomic E-state index is 0.105. The highest BCUT2D eigenvalue weighted by molar-refractivity contribution is 5.60. The summed E-state index contributed by atoms with van der Waals surface area (Å²) in [6.07, 6.45) is 1.73. The van der Waals surface area contributed by atoms with Crippen LogP contribution >= 0.6 is 0 Å². The zero-order chi connectivity index (χ0) is 13.0. The van der Waals surface area contributed by atoms with Crippen molar-refractivity contribution in [2.24, 2.45) is 0 Å². The van der Waals surface area contributed by atoms with E-state index in [9.17, 15) is 0 Å². The number of rotatable bonds is 5. The average molecular weight is 247 g/mol. The van der Waals surface area contributed by atoms with E-state index in [1.54, 1.807) is 20.4 Å². The van der Waals surface area contributed by atoms with Crippen LogP contribution < -0.4 is 14.8 Å². The molecule has 2 rings (SSSR count). The van der Waals surface area contributed by atoms with E-state index in [0.717, 1.165) is 22.9 Å². The molecule has 5 nitrogen and oxygen atoms in total. The molecule has 0 aliphatic carbocycles. The van der Waals surface area contributed by atoms with E-state index in [2.05, 4.69) is 15.5 Å².